The highest BCUT2D eigenvalue weighted by molar-refractivity contribution is 5.32. The summed E-state index contributed by atoms with van der Waals surface area (Å²) in [6, 6.07) is 8.68. The van der Waals surface area contributed by atoms with Gasteiger partial charge in [0.2, 0.25) is 0 Å². The largest absolute Gasteiger partial charge is 0.386 e. The monoisotopic (exact) mass is 240 g/mol. The van der Waals surface area contributed by atoms with Crippen LogP contribution in [0, 0.1) is 11.3 Å². The maximum atomic E-state index is 12.1. The van der Waals surface area contributed by atoms with E-state index in [1.54, 1.807) is 31.2 Å². The Morgan fingerprint density at radius 3 is 2.41 bits per heavy atom. The number of aliphatic hydroxyl groups is 1. The van der Waals surface area contributed by atoms with E-state index in [2.05, 4.69) is 5.32 Å². The number of hydrogen-bond donors (Lipinski definition) is 2. The molecule has 1 aromatic carbocycles. The Kier molecular flexibility index (Phi) is 5.01. The molecule has 0 spiro atoms. The van der Waals surface area contributed by atoms with Crippen LogP contribution in [0.25, 0.3) is 0 Å². The number of nitriles is 1. The van der Waals surface area contributed by atoms with Crippen LogP contribution < -0.4 is 5.32 Å². The van der Waals surface area contributed by atoms with Crippen LogP contribution in [0.15, 0.2) is 24.3 Å². The van der Waals surface area contributed by atoms with Gasteiger partial charge in [0.05, 0.1) is 11.6 Å². The Balaban J connectivity index is 2.52. The first-order valence-corrected chi connectivity index (χ1v) is 5.24. The average molecular weight is 240 g/mol. The highest BCUT2D eigenvalue weighted by Crippen LogP contribution is 2.13. The van der Waals surface area contributed by atoms with Crippen LogP contribution in [0.1, 0.15) is 24.1 Å². The van der Waals surface area contributed by atoms with E-state index < -0.39 is 12.5 Å². The van der Waals surface area contributed by atoms with Crippen LogP contribution in [0.4, 0.5) is 8.78 Å². The molecule has 0 heterocycles. The standard InChI is InChI=1S/C12H14F2N2O/c1-8(16-7-11(17)12(13)14)10-4-2-9(6-15)3-5-10/h2-5,8,11-12,16-17H,7H2,1H3. The van der Waals surface area contributed by atoms with Gasteiger partial charge in [-0.05, 0) is 24.6 Å². The summed E-state index contributed by atoms with van der Waals surface area (Å²) in [4.78, 5) is 0. The molecule has 0 aliphatic heterocycles. The number of rotatable bonds is 5. The van der Waals surface area contributed by atoms with Crippen LogP contribution in [-0.4, -0.2) is 24.2 Å². The lowest BCUT2D eigenvalue weighted by Gasteiger charge is -2.17. The van der Waals surface area contributed by atoms with Crippen LogP contribution in [-0.2, 0) is 0 Å². The lowest BCUT2D eigenvalue weighted by atomic mass is 10.1. The van der Waals surface area contributed by atoms with E-state index in [4.69, 9.17) is 10.4 Å². The van der Waals surface area contributed by atoms with Crippen LogP contribution in [0.5, 0.6) is 0 Å². The second-order valence-corrected chi connectivity index (χ2v) is 3.77. The second kappa shape index (κ2) is 6.28. The molecule has 3 nitrogen and oxygen atoms in total. The van der Waals surface area contributed by atoms with Crippen LogP contribution in [0.3, 0.4) is 0 Å². The molecule has 0 bridgehead atoms. The van der Waals surface area contributed by atoms with E-state index in [1.165, 1.54) is 0 Å². The van der Waals surface area contributed by atoms with Crippen molar-refractivity contribution >= 4 is 0 Å². The summed E-state index contributed by atoms with van der Waals surface area (Å²) in [6.07, 6.45) is -4.40. The van der Waals surface area contributed by atoms with Gasteiger partial charge in [-0.3, -0.25) is 0 Å². The quantitative estimate of drug-likeness (QED) is 0.825. The molecular weight excluding hydrogens is 226 g/mol. The lowest BCUT2D eigenvalue weighted by Crippen LogP contribution is -2.33. The van der Waals surface area contributed by atoms with Crippen molar-refractivity contribution in [2.24, 2.45) is 0 Å². The number of nitrogens with zero attached hydrogens (tertiary/aromatic N) is 1. The van der Waals surface area contributed by atoms with Crippen LogP contribution >= 0.6 is 0 Å². The minimum absolute atomic E-state index is 0.156. The zero-order valence-electron chi connectivity index (χ0n) is 9.40. The van der Waals surface area contributed by atoms with E-state index in [-0.39, 0.29) is 12.6 Å². The molecule has 2 atom stereocenters. The normalized spacial score (nSPS) is 14.4. The van der Waals surface area contributed by atoms with Crippen LogP contribution in [0.2, 0.25) is 0 Å². The highest BCUT2D eigenvalue weighted by Gasteiger charge is 2.17. The molecular formula is C12H14F2N2O. The molecule has 0 aromatic heterocycles. The van der Waals surface area contributed by atoms with Crippen molar-refractivity contribution in [3.63, 3.8) is 0 Å². The minimum Gasteiger partial charge on any atom is -0.386 e. The molecule has 0 radical (unpaired) electrons. The number of nitrogens with one attached hydrogen (secondary N) is 1. The van der Waals surface area contributed by atoms with E-state index in [0.717, 1.165) is 5.56 Å². The van der Waals surface area contributed by atoms with Crippen molar-refractivity contribution in [2.75, 3.05) is 6.54 Å². The molecule has 92 valence electrons. The molecule has 0 aliphatic rings. The van der Waals surface area contributed by atoms with E-state index in [0.29, 0.717) is 5.56 Å². The number of hydrogen-bond acceptors (Lipinski definition) is 3. The summed E-state index contributed by atoms with van der Waals surface area (Å²) in [7, 11) is 0. The minimum atomic E-state index is -2.74. The molecule has 2 unspecified atom stereocenters. The smallest absolute Gasteiger partial charge is 0.265 e. The molecule has 2 N–H and O–H groups in total. The van der Waals surface area contributed by atoms with Gasteiger partial charge in [0.15, 0.2) is 0 Å². The molecule has 17 heavy (non-hydrogen) atoms. The van der Waals surface area contributed by atoms with Gasteiger partial charge >= 0.3 is 0 Å². The van der Waals surface area contributed by atoms with Crippen molar-refractivity contribution in [1.29, 1.82) is 5.26 Å². The van der Waals surface area contributed by atoms with Gasteiger partial charge in [0.25, 0.3) is 6.43 Å². The summed E-state index contributed by atoms with van der Waals surface area (Å²) < 4.78 is 24.1. The lowest BCUT2D eigenvalue weighted by molar-refractivity contribution is -0.00439. The summed E-state index contributed by atoms with van der Waals surface area (Å²) in [5.74, 6) is 0. The Morgan fingerprint density at radius 1 is 1.35 bits per heavy atom. The predicted octanol–water partition coefficient (Wildman–Crippen LogP) is 1.83. The molecule has 0 saturated carbocycles. The molecule has 0 fully saturated rings. The summed E-state index contributed by atoms with van der Waals surface area (Å²) in [6.45, 7) is 1.64. The number of aliphatic hydroxyl groups excluding tert-OH is 1. The van der Waals surface area contributed by atoms with Gasteiger partial charge in [-0.15, -0.1) is 0 Å². The fourth-order valence-electron chi connectivity index (χ4n) is 1.35. The summed E-state index contributed by atoms with van der Waals surface area (Å²) in [5.41, 5.74) is 1.43. The molecule has 1 rings (SSSR count). The highest BCUT2D eigenvalue weighted by atomic mass is 19.3. The number of halogens is 2. The third-order valence-corrected chi connectivity index (χ3v) is 2.46. The first kappa shape index (κ1) is 13.6. The van der Waals surface area contributed by atoms with Gasteiger partial charge in [-0.25, -0.2) is 8.78 Å². The maximum Gasteiger partial charge on any atom is 0.265 e. The third kappa shape index (κ3) is 4.10. The maximum absolute atomic E-state index is 12.1. The van der Waals surface area contributed by atoms with Gasteiger partial charge in [0.1, 0.15) is 6.10 Å². The number of alkyl halides is 2. The van der Waals surface area contributed by atoms with E-state index in [9.17, 15) is 8.78 Å². The number of benzene rings is 1. The zero-order valence-corrected chi connectivity index (χ0v) is 9.40. The Hall–Kier alpha value is -1.51. The van der Waals surface area contributed by atoms with Crippen molar-refractivity contribution in [1.82, 2.24) is 5.32 Å². The zero-order chi connectivity index (χ0) is 12.8. The fourth-order valence-corrected chi connectivity index (χ4v) is 1.35. The third-order valence-electron chi connectivity index (χ3n) is 2.46. The predicted molar refractivity (Wildman–Crippen MR) is 59.6 cm³/mol. The second-order valence-electron chi connectivity index (χ2n) is 3.77. The summed E-state index contributed by atoms with van der Waals surface area (Å²) >= 11 is 0. The molecule has 0 saturated heterocycles. The molecule has 5 heteroatoms. The van der Waals surface area contributed by atoms with Gasteiger partial charge < -0.3 is 10.4 Å². The Bertz CT molecular complexity index is 386. The summed E-state index contributed by atoms with van der Waals surface area (Å²) in [5, 5.41) is 20.4. The first-order valence-electron chi connectivity index (χ1n) is 5.24. The average Bonchev–Trinajstić information content (AvgIpc) is 2.35. The molecule has 0 aliphatic carbocycles. The molecule has 1 aromatic rings. The Morgan fingerprint density at radius 2 is 1.94 bits per heavy atom. The fraction of sp³-hybridized carbons (Fsp3) is 0.417. The van der Waals surface area contributed by atoms with Crippen molar-refractivity contribution < 1.29 is 13.9 Å². The molecule has 0 amide bonds. The van der Waals surface area contributed by atoms with E-state index >= 15 is 0 Å². The van der Waals surface area contributed by atoms with Crippen molar-refractivity contribution in [3.05, 3.63) is 35.4 Å². The van der Waals surface area contributed by atoms with Gasteiger partial charge in [0, 0.05) is 12.6 Å². The van der Waals surface area contributed by atoms with Gasteiger partial charge in [-0.1, -0.05) is 12.1 Å². The van der Waals surface area contributed by atoms with E-state index in [1.807, 2.05) is 6.07 Å². The van der Waals surface area contributed by atoms with Gasteiger partial charge in [-0.2, -0.15) is 5.26 Å². The SMILES string of the molecule is CC(NCC(O)C(F)F)c1ccc(C#N)cc1. The topological polar surface area (TPSA) is 56.0 Å². The van der Waals surface area contributed by atoms with Crippen molar-refractivity contribution in [2.45, 2.75) is 25.5 Å². The van der Waals surface area contributed by atoms with Crippen molar-refractivity contribution in [3.8, 4) is 6.07 Å². The Labute approximate surface area is 98.7 Å². The first-order chi connectivity index (χ1) is 8.04.